The van der Waals surface area contributed by atoms with Gasteiger partial charge in [-0.15, -0.1) is 0 Å². The lowest BCUT2D eigenvalue weighted by atomic mass is 9.63. The summed E-state index contributed by atoms with van der Waals surface area (Å²) in [7, 11) is 0. The van der Waals surface area contributed by atoms with Crippen molar-refractivity contribution in [3.8, 4) is 0 Å². The maximum absolute atomic E-state index is 12.2. The van der Waals surface area contributed by atoms with Crippen LogP contribution >= 0.6 is 0 Å². The summed E-state index contributed by atoms with van der Waals surface area (Å²) in [4.78, 5) is 24.2. The van der Waals surface area contributed by atoms with E-state index in [1.54, 1.807) is 24.3 Å². The summed E-state index contributed by atoms with van der Waals surface area (Å²) in [6, 6.07) is 8.99. The first-order chi connectivity index (χ1) is 9.10. The lowest BCUT2D eigenvalue weighted by Gasteiger charge is -2.37. The van der Waals surface area contributed by atoms with E-state index in [1.807, 2.05) is 6.07 Å². The van der Waals surface area contributed by atoms with Gasteiger partial charge in [0.05, 0.1) is 0 Å². The van der Waals surface area contributed by atoms with Gasteiger partial charge in [-0.1, -0.05) is 49.6 Å². The molecule has 0 spiro atoms. The van der Waals surface area contributed by atoms with Gasteiger partial charge in [-0.3, -0.25) is 9.59 Å². The summed E-state index contributed by atoms with van der Waals surface area (Å²) in [5.74, 6) is -1.34. The molecule has 1 aliphatic rings. The summed E-state index contributed by atoms with van der Waals surface area (Å²) in [6.07, 6.45) is 4.81. The monoisotopic (exact) mass is 260 g/mol. The number of ketones is 1. The van der Waals surface area contributed by atoms with Crippen molar-refractivity contribution in [1.82, 2.24) is 0 Å². The Morgan fingerprint density at radius 1 is 1.11 bits per heavy atom. The number of Topliss-reactive ketones (excluding diaryl/α,β-unsaturated/α-hetero) is 1. The minimum atomic E-state index is -1.36. The number of aliphatic carboxylic acids is 1. The molecule has 1 atom stereocenters. The number of carboxylic acids is 1. The number of carbonyl (C=O) groups excluding carboxylic acids is 1. The van der Waals surface area contributed by atoms with E-state index in [9.17, 15) is 14.7 Å². The second-order valence-electron chi connectivity index (χ2n) is 5.37. The molecule has 1 aromatic rings. The molecule has 1 aliphatic carbocycles. The van der Waals surface area contributed by atoms with E-state index < -0.39 is 11.4 Å². The quantitative estimate of drug-likeness (QED) is 0.846. The van der Waals surface area contributed by atoms with Crippen molar-refractivity contribution >= 4 is 11.8 Å². The molecule has 0 aromatic heterocycles. The molecule has 0 saturated heterocycles. The van der Waals surface area contributed by atoms with Crippen molar-refractivity contribution in [3.05, 3.63) is 35.9 Å². The van der Waals surface area contributed by atoms with Crippen molar-refractivity contribution in [2.45, 2.75) is 44.4 Å². The highest BCUT2D eigenvalue weighted by Crippen LogP contribution is 2.42. The van der Waals surface area contributed by atoms with Crippen LogP contribution in [-0.4, -0.2) is 16.9 Å². The van der Waals surface area contributed by atoms with Gasteiger partial charge in [-0.05, 0) is 31.2 Å². The Morgan fingerprint density at radius 3 is 2.16 bits per heavy atom. The van der Waals surface area contributed by atoms with Gasteiger partial charge in [0.15, 0.2) is 11.2 Å². The third-order valence-electron chi connectivity index (χ3n) is 4.34. The third-order valence-corrected chi connectivity index (χ3v) is 4.34. The van der Waals surface area contributed by atoms with Gasteiger partial charge < -0.3 is 5.11 Å². The molecular formula is C16H20O3. The van der Waals surface area contributed by atoms with Crippen LogP contribution in [0.3, 0.4) is 0 Å². The lowest BCUT2D eigenvalue weighted by Crippen LogP contribution is -2.49. The first-order valence-electron chi connectivity index (χ1n) is 6.90. The zero-order valence-electron chi connectivity index (χ0n) is 11.3. The fraction of sp³-hybridized carbons (Fsp3) is 0.500. The fourth-order valence-electron chi connectivity index (χ4n) is 3.41. The number of rotatable bonds is 4. The highest BCUT2D eigenvalue weighted by Gasteiger charge is 2.51. The van der Waals surface area contributed by atoms with Crippen molar-refractivity contribution in [3.63, 3.8) is 0 Å². The second-order valence-corrected chi connectivity index (χ2v) is 5.37. The lowest BCUT2D eigenvalue weighted by molar-refractivity contribution is -0.152. The molecule has 1 N–H and O–H groups in total. The first kappa shape index (κ1) is 13.8. The Labute approximate surface area is 113 Å². The zero-order valence-corrected chi connectivity index (χ0v) is 11.3. The topological polar surface area (TPSA) is 54.4 Å². The maximum atomic E-state index is 12.2. The van der Waals surface area contributed by atoms with Gasteiger partial charge in [-0.25, -0.2) is 0 Å². The predicted molar refractivity (Wildman–Crippen MR) is 73.0 cm³/mol. The van der Waals surface area contributed by atoms with Crippen LogP contribution < -0.4 is 0 Å². The maximum Gasteiger partial charge on any atom is 0.322 e. The van der Waals surface area contributed by atoms with Gasteiger partial charge in [0.25, 0.3) is 0 Å². The molecule has 0 heterocycles. The summed E-state index contributed by atoms with van der Waals surface area (Å²) >= 11 is 0. The number of hydrogen-bond acceptors (Lipinski definition) is 2. The van der Waals surface area contributed by atoms with Crippen LogP contribution in [0, 0.1) is 5.92 Å². The van der Waals surface area contributed by atoms with Crippen molar-refractivity contribution < 1.29 is 14.7 Å². The van der Waals surface area contributed by atoms with Crippen molar-refractivity contribution in [1.29, 1.82) is 0 Å². The minimum Gasteiger partial charge on any atom is -0.480 e. The van der Waals surface area contributed by atoms with E-state index in [4.69, 9.17) is 0 Å². The Morgan fingerprint density at radius 2 is 1.68 bits per heavy atom. The van der Waals surface area contributed by atoms with E-state index in [0.29, 0.717) is 5.56 Å². The number of benzene rings is 1. The van der Waals surface area contributed by atoms with Crippen molar-refractivity contribution in [2.75, 3.05) is 0 Å². The van der Waals surface area contributed by atoms with Crippen LogP contribution in [-0.2, 0) is 15.0 Å². The molecule has 1 saturated carbocycles. The van der Waals surface area contributed by atoms with Crippen molar-refractivity contribution in [2.24, 2.45) is 5.92 Å². The Balaban J connectivity index is 2.53. The molecule has 0 radical (unpaired) electrons. The molecule has 2 rings (SSSR count). The smallest absolute Gasteiger partial charge is 0.322 e. The number of carbonyl (C=O) groups is 2. The Kier molecular flexibility index (Phi) is 4.03. The minimum absolute atomic E-state index is 0.0846. The van der Waals surface area contributed by atoms with Gasteiger partial charge in [0, 0.05) is 0 Å². The molecule has 0 amide bonds. The standard InChI is InChI=1S/C16H20O3/c1-12(17)16(15(18)19,13-8-4-2-5-9-13)14-10-6-3-7-11-14/h2,4-5,8-9,14H,3,6-7,10-11H2,1H3,(H,18,19). The van der Waals surface area contributed by atoms with Gasteiger partial charge in [0.2, 0.25) is 0 Å². The third kappa shape index (κ3) is 2.29. The Hall–Kier alpha value is -1.64. The second kappa shape index (κ2) is 5.55. The zero-order chi connectivity index (χ0) is 13.9. The van der Waals surface area contributed by atoms with E-state index in [-0.39, 0.29) is 11.7 Å². The molecule has 19 heavy (non-hydrogen) atoms. The van der Waals surface area contributed by atoms with Crippen LogP contribution in [0.4, 0.5) is 0 Å². The molecule has 1 unspecified atom stereocenters. The Bertz CT molecular complexity index is 444. The summed E-state index contributed by atoms with van der Waals surface area (Å²) < 4.78 is 0. The normalized spacial score (nSPS) is 19.6. The summed E-state index contributed by atoms with van der Waals surface area (Å²) in [5.41, 5.74) is -0.733. The van der Waals surface area contributed by atoms with E-state index >= 15 is 0 Å². The largest absolute Gasteiger partial charge is 0.480 e. The molecule has 1 aromatic carbocycles. The average molecular weight is 260 g/mol. The van der Waals surface area contributed by atoms with Gasteiger partial charge in [0.1, 0.15) is 0 Å². The van der Waals surface area contributed by atoms with Crippen LogP contribution in [0.1, 0.15) is 44.6 Å². The highest BCUT2D eigenvalue weighted by molar-refractivity contribution is 6.08. The SMILES string of the molecule is CC(=O)C(C(=O)O)(c1ccccc1)C1CCCCC1. The van der Waals surface area contributed by atoms with Crippen LogP contribution in [0.15, 0.2) is 30.3 Å². The molecule has 102 valence electrons. The average Bonchev–Trinajstić information content (AvgIpc) is 2.41. The van der Waals surface area contributed by atoms with Crippen LogP contribution in [0.2, 0.25) is 0 Å². The van der Waals surface area contributed by atoms with E-state index in [1.165, 1.54) is 6.92 Å². The first-order valence-corrected chi connectivity index (χ1v) is 6.90. The van der Waals surface area contributed by atoms with Crippen LogP contribution in [0.5, 0.6) is 0 Å². The fourth-order valence-corrected chi connectivity index (χ4v) is 3.41. The number of hydrogen-bond donors (Lipinski definition) is 1. The molecule has 1 fully saturated rings. The predicted octanol–water partition coefficient (Wildman–Crippen LogP) is 3.18. The van der Waals surface area contributed by atoms with Gasteiger partial charge >= 0.3 is 5.97 Å². The molecule has 0 bridgehead atoms. The molecule has 3 heteroatoms. The van der Waals surface area contributed by atoms with Gasteiger partial charge in [-0.2, -0.15) is 0 Å². The van der Waals surface area contributed by atoms with E-state index in [0.717, 1.165) is 32.1 Å². The highest BCUT2D eigenvalue weighted by atomic mass is 16.4. The van der Waals surface area contributed by atoms with E-state index in [2.05, 4.69) is 0 Å². The molecule has 3 nitrogen and oxygen atoms in total. The molecular weight excluding hydrogens is 240 g/mol. The molecule has 0 aliphatic heterocycles. The number of carboxylic acid groups (broad SMARTS) is 1. The summed E-state index contributed by atoms with van der Waals surface area (Å²) in [5, 5.41) is 9.78. The summed E-state index contributed by atoms with van der Waals surface area (Å²) in [6.45, 7) is 1.41. The van der Waals surface area contributed by atoms with Crippen LogP contribution in [0.25, 0.3) is 0 Å².